The lowest BCUT2D eigenvalue weighted by atomic mass is 10.1. The molecule has 1 aromatic heterocycles. The summed E-state index contributed by atoms with van der Waals surface area (Å²) in [5.74, 6) is 1.84. The first-order chi connectivity index (χ1) is 11.2. The number of aromatic nitrogens is 2. The predicted molar refractivity (Wildman–Crippen MR) is 89.0 cm³/mol. The number of rotatable bonds is 5. The summed E-state index contributed by atoms with van der Waals surface area (Å²) in [4.78, 5) is 4.60. The minimum atomic E-state index is -0.831. The average Bonchev–Trinajstić information content (AvgIpc) is 2.98. The summed E-state index contributed by atoms with van der Waals surface area (Å²) >= 11 is 0. The monoisotopic (exact) mass is 312 g/mol. The van der Waals surface area contributed by atoms with E-state index in [2.05, 4.69) is 4.98 Å². The van der Waals surface area contributed by atoms with Crippen molar-refractivity contribution >= 4 is 11.0 Å². The van der Waals surface area contributed by atoms with E-state index in [-0.39, 0.29) is 0 Å². The number of aliphatic hydroxyl groups excluding tert-OH is 1. The van der Waals surface area contributed by atoms with E-state index in [1.54, 1.807) is 26.4 Å². The highest BCUT2D eigenvalue weighted by atomic mass is 16.5. The number of ether oxygens (including phenoxy) is 2. The van der Waals surface area contributed by atoms with Crippen LogP contribution in [0.15, 0.2) is 42.5 Å². The summed E-state index contributed by atoms with van der Waals surface area (Å²) in [6, 6.07) is 13.3. The zero-order chi connectivity index (χ0) is 16.4. The normalized spacial score (nSPS) is 12.3. The third-order valence-electron chi connectivity index (χ3n) is 3.97. The van der Waals surface area contributed by atoms with Crippen LogP contribution >= 0.6 is 0 Å². The van der Waals surface area contributed by atoms with Gasteiger partial charge in [-0.05, 0) is 36.8 Å². The zero-order valence-electron chi connectivity index (χ0n) is 13.5. The van der Waals surface area contributed by atoms with Crippen molar-refractivity contribution in [2.45, 2.75) is 19.6 Å². The van der Waals surface area contributed by atoms with Crippen LogP contribution in [0.25, 0.3) is 11.0 Å². The van der Waals surface area contributed by atoms with Gasteiger partial charge >= 0.3 is 0 Å². The highest BCUT2D eigenvalue weighted by molar-refractivity contribution is 5.76. The minimum Gasteiger partial charge on any atom is -0.493 e. The molecule has 3 rings (SSSR count). The van der Waals surface area contributed by atoms with Crippen molar-refractivity contribution in [1.29, 1.82) is 0 Å². The molecule has 5 nitrogen and oxygen atoms in total. The van der Waals surface area contributed by atoms with Crippen molar-refractivity contribution in [1.82, 2.24) is 9.55 Å². The summed E-state index contributed by atoms with van der Waals surface area (Å²) in [6.07, 6.45) is -0.831. The summed E-state index contributed by atoms with van der Waals surface area (Å²) in [5, 5.41) is 10.8. The van der Waals surface area contributed by atoms with Crippen LogP contribution in [0.4, 0.5) is 0 Å². The van der Waals surface area contributed by atoms with E-state index in [1.165, 1.54) is 0 Å². The molecular formula is C18H20N2O3. The first-order valence-corrected chi connectivity index (χ1v) is 7.54. The molecule has 0 saturated heterocycles. The van der Waals surface area contributed by atoms with Gasteiger partial charge in [0.2, 0.25) is 0 Å². The highest BCUT2D eigenvalue weighted by Crippen LogP contribution is 2.32. The van der Waals surface area contributed by atoms with Crippen LogP contribution in [0.3, 0.4) is 0 Å². The van der Waals surface area contributed by atoms with Crippen molar-refractivity contribution in [3.63, 3.8) is 0 Å². The van der Waals surface area contributed by atoms with Crippen molar-refractivity contribution in [2.24, 2.45) is 0 Å². The molecule has 0 bridgehead atoms. The number of hydrogen-bond acceptors (Lipinski definition) is 4. The molecule has 3 aromatic rings. The standard InChI is InChI=1S/C18H20N2O3/c1-4-20-14-8-6-5-7-13(14)19-18(20)17(21)12-9-10-15(22-2)16(11-12)23-3/h5-11,17,21H,4H2,1-3H3. The Hall–Kier alpha value is -2.53. The molecule has 1 heterocycles. The zero-order valence-corrected chi connectivity index (χ0v) is 13.5. The fraction of sp³-hybridized carbons (Fsp3) is 0.278. The number of hydrogen-bond donors (Lipinski definition) is 1. The maximum atomic E-state index is 10.8. The number of para-hydroxylation sites is 2. The van der Waals surface area contributed by atoms with Crippen LogP contribution in [0.2, 0.25) is 0 Å². The Morgan fingerprint density at radius 2 is 1.83 bits per heavy atom. The maximum Gasteiger partial charge on any atom is 0.161 e. The van der Waals surface area contributed by atoms with E-state index in [0.717, 1.165) is 17.6 Å². The second-order valence-corrected chi connectivity index (χ2v) is 5.22. The van der Waals surface area contributed by atoms with Gasteiger partial charge < -0.3 is 19.1 Å². The van der Waals surface area contributed by atoms with E-state index in [4.69, 9.17) is 9.47 Å². The minimum absolute atomic E-state index is 0.586. The van der Waals surface area contributed by atoms with Crippen molar-refractivity contribution in [3.8, 4) is 11.5 Å². The lowest BCUT2D eigenvalue weighted by Gasteiger charge is -2.15. The van der Waals surface area contributed by atoms with Crippen molar-refractivity contribution in [3.05, 3.63) is 53.9 Å². The van der Waals surface area contributed by atoms with E-state index < -0.39 is 6.10 Å². The van der Waals surface area contributed by atoms with Gasteiger partial charge in [0.15, 0.2) is 11.5 Å². The van der Waals surface area contributed by atoms with Gasteiger partial charge in [0.25, 0.3) is 0 Å². The molecule has 1 atom stereocenters. The Morgan fingerprint density at radius 1 is 1.09 bits per heavy atom. The highest BCUT2D eigenvalue weighted by Gasteiger charge is 2.20. The third kappa shape index (κ3) is 2.64. The number of benzene rings is 2. The van der Waals surface area contributed by atoms with Gasteiger partial charge in [-0.2, -0.15) is 0 Å². The third-order valence-corrected chi connectivity index (χ3v) is 3.97. The summed E-state index contributed by atoms with van der Waals surface area (Å²) < 4.78 is 12.6. The van der Waals surface area contributed by atoms with Gasteiger partial charge in [0, 0.05) is 6.54 Å². The van der Waals surface area contributed by atoms with Gasteiger partial charge in [-0.3, -0.25) is 0 Å². The van der Waals surface area contributed by atoms with E-state index in [9.17, 15) is 5.11 Å². The summed E-state index contributed by atoms with van der Waals surface area (Å²) in [7, 11) is 3.17. The van der Waals surface area contributed by atoms with Crippen molar-refractivity contribution < 1.29 is 14.6 Å². The molecule has 0 amide bonds. The Labute approximate surface area is 135 Å². The lowest BCUT2D eigenvalue weighted by molar-refractivity contribution is 0.205. The molecular weight excluding hydrogens is 292 g/mol. The van der Waals surface area contributed by atoms with Crippen LogP contribution in [0.5, 0.6) is 11.5 Å². The molecule has 1 unspecified atom stereocenters. The number of imidazole rings is 1. The Kier molecular flexibility index (Phi) is 4.21. The molecule has 2 aromatic carbocycles. The van der Waals surface area contributed by atoms with Crippen LogP contribution in [-0.2, 0) is 6.54 Å². The maximum absolute atomic E-state index is 10.8. The Balaban J connectivity index is 2.08. The number of aryl methyl sites for hydroxylation is 1. The first-order valence-electron chi connectivity index (χ1n) is 7.54. The van der Waals surface area contributed by atoms with Gasteiger partial charge in [-0.15, -0.1) is 0 Å². The van der Waals surface area contributed by atoms with Gasteiger partial charge in [0.05, 0.1) is 25.3 Å². The molecule has 0 spiro atoms. The van der Waals surface area contributed by atoms with Gasteiger partial charge in [0.1, 0.15) is 11.9 Å². The molecule has 0 aliphatic rings. The predicted octanol–water partition coefficient (Wildman–Crippen LogP) is 3.16. The Morgan fingerprint density at radius 3 is 2.52 bits per heavy atom. The number of aliphatic hydroxyl groups is 1. The molecule has 0 saturated carbocycles. The number of nitrogens with zero attached hydrogens (tertiary/aromatic N) is 2. The smallest absolute Gasteiger partial charge is 0.161 e. The molecule has 0 aliphatic heterocycles. The van der Waals surface area contributed by atoms with Gasteiger partial charge in [-0.1, -0.05) is 18.2 Å². The fourth-order valence-corrected chi connectivity index (χ4v) is 2.81. The largest absolute Gasteiger partial charge is 0.493 e. The van der Waals surface area contributed by atoms with Gasteiger partial charge in [-0.25, -0.2) is 4.98 Å². The molecule has 120 valence electrons. The first kappa shape index (κ1) is 15.4. The summed E-state index contributed by atoms with van der Waals surface area (Å²) in [5.41, 5.74) is 2.61. The van der Waals surface area contributed by atoms with Crippen LogP contribution in [-0.4, -0.2) is 28.9 Å². The fourth-order valence-electron chi connectivity index (χ4n) is 2.81. The molecule has 5 heteroatoms. The topological polar surface area (TPSA) is 56.5 Å². The molecule has 1 N–H and O–H groups in total. The average molecular weight is 312 g/mol. The quantitative estimate of drug-likeness (QED) is 0.786. The second kappa shape index (κ2) is 6.30. The molecule has 0 fully saturated rings. The van der Waals surface area contributed by atoms with Crippen LogP contribution < -0.4 is 9.47 Å². The number of methoxy groups -OCH3 is 2. The van der Waals surface area contributed by atoms with E-state index in [0.29, 0.717) is 22.9 Å². The molecule has 23 heavy (non-hydrogen) atoms. The SMILES string of the molecule is CCn1c(C(O)c2ccc(OC)c(OC)c2)nc2ccccc21. The lowest BCUT2D eigenvalue weighted by Crippen LogP contribution is -2.09. The summed E-state index contributed by atoms with van der Waals surface area (Å²) in [6.45, 7) is 2.78. The molecule has 0 radical (unpaired) electrons. The van der Waals surface area contributed by atoms with Crippen LogP contribution in [0.1, 0.15) is 24.4 Å². The van der Waals surface area contributed by atoms with E-state index in [1.807, 2.05) is 41.8 Å². The van der Waals surface area contributed by atoms with Crippen LogP contribution in [0, 0.1) is 0 Å². The van der Waals surface area contributed by atoms with Crippen molar-refractivity contribution in [2.75, 3.05) is 14.2 Å². The Bertz CT molecular complexity index is 826. The molecule has 0 aliphatic carbocycles. The number of fused-ring (bicyclic) bond motifs is 1. The van der Waals surface area contributed by atoms with E-state index >= 15 is 0 Å². The second-order valence-electron chi connectivity index (χ2n) is 5.22.